The number of carbonyl (C=O) groups is 1. The van der Waals surface area contributed by atoms with Gasteiger partial charge in [0.15, 0.2) is 28.3 Å². The molecule has 2 aromatic carbocycles. The molecule has 1 amide bonds. The molecule has 1 aromatic heterocycles. The molecule has 4 rings (SSSR count). The number of halogens is 2. The number of benzene rings is 2. The van der Waals surface area contributed by atoms with E-state index in [1.807, 2.05) is 30.1 Å². The van der Waals surface area contributed by atoms with Gasteiger partial charge in [-0.25, -0.2) is 13.8 Å². The summed E-state index contributed by atoms with van der Waals surface area (Å²) in [6.45, 7) is 1.78. The van der Waals surface area contributed by atoms with Crippen molar-refractivity contribution in [2.45, 2.75) is 6.54 Å². The lowest BCUT2D eigenvalue weighted by molar-refractivity contribution is -0.117. The number of nitrogens with one attached hydrogen (secondary N) is 1. The highest BCUT2D eigenvalue weighted by molar-refractivity contribution is 7.14. The van der Waals surface area contributed by atoms with Gasteiger partial charge in [0, 0.05) is 17.5 Å². The molecule has 0 bridgehead atoms. The normalized spacial score (nSPS) is 12.8. The molecule has 9 heteroatoms. The van der Waals surface area contributed by atoms with Crippen molar-refractivity contribution in [1.29, 1.82) is 0 Å². The summed E-state index contributed by atoms with van der Waals surface area (Å²) in [6.07, 6.45) is 0. The molecule has 0 saturated carbocycles. The molecular formula is C21H19F2N3O3S. The number of hydrogen-bond acceptors (Lipinski definition) is 6. The highest BCUT2D eigenvalue weighted by Gasteiger charge is 2.15. The minimum absolute atomic E-state index is 0.161. The zero-order valence-corrected chi connectivity index (χ0v) is 17.0. The first-order valence-electron chi connectivity index (χ1n) is 9.26. The second-order valence-electron chi connectivity index (χ2n) is 6.87. The first-order chi connectivity index (χ1) is 14.5. The van der Waals surface area contributed by atoms with Crippen LogP contribution >= 0.6 is 11.3 Å². The lowest BCUT2D eigenvalue weighted by Gasteiger charge is -2.20. The van der Waals surface area contributed by atoms with Crippen LogP contribution in [0.5, 0.6) is 11.5 Å². The minimum Gasteiger partial charge on any atom is -0.486 e. The summed E-state index contributed by atoms with van der Waals surface area (Å²) >= 11 is 1.22. The van der Waals surface area contributed by atoms with Crippen LogP contribution < -0.4 is 14.8 Å². The van der Waals surface area contributed by atoms with Crippen molar-refractivity contribution in [2.24, 2.45) is 0 Å². The van der Waals surface area contributed by atoms with E-state index in [0.717, 1.165) is 23.4 Å². The fraction of sp³-hybridized carbons (Fsp3) is 0.238. The summed E-state index contributed by atoms with van der Waals surface area (Å²) in [5, 5.41) is 4.82. The number of aromatic nitrogens is 1. The molecule has 0 radical (unpaired) electrons. The van der Waals surface area contributed by atoms with Gasteiger partial charge in [0.25, 0.3) is 0 Å². The molecule has 1 N–H and O–H groups in total. The number of carbonyl (C=O) groups excluding carboxylic acids is 1. The van der Waals surface area contributed by atoms with E-state index in [1.54, 1.807) is 5.38 Å². The van der Waals surface area contributed by atoms with E-state index in [-0.39, 0.29) is 12.5 Å². The number of anilines is 1. The van der Waals surface area contributed by atoms with Crippen LogP contribution in [0, 0.1) is 11.6 Å². The van der Waals surface area contributed by atoms with Crippen LogP contribution in [-0.4, -0.2) is 42.6 Å². The van der Waals surface area contributed by atoms with Crippen molar-refractivity contribution in [2.75, 3.05) is 32.1 Å². The van der Waals surface area contributed by atoms with Gasteiger partial charge in [0.05, 0.1) is 12.2 Å². The van der Waals surface area contributed by atoms with E-state index in [9.17, 15) is 13.6 Å². The van der Waals surface area contributed by atoms with E-state index < -0.39 is 11.6 Å². The first kappa shape index (κ1) is 20.2. The highest BCUT2D eigenvalue weighted by Crippen LogP contribution is 2.31. The SMILES string of the molecule is CN(CC(=O)Nc1nc(-c2ccc(F)c(F)c2)cs1)Cc1ccc2c(c1)OCCO2. The molecule has 0 saturated heterocycles. The van der Waals surface area contributed by atoms with Crippen LogP contribution in [0.15, 0.2) is 41.8 Å². The lowest BCUT2D eigenvalue weighted by Crippen LogP contribution is -2.29. The molecule has 1 aliphatic heterocycles. The van der Waals surface area contributed by atoms with Gasteiger partial charge in [-0.05, 0) is 42.9 Å². The van der Waals surface area contributed by atoms with Gasteiger partial charge in [-0.15, -0.1) is 11.3 Å². The smallest absolute Gasteiger partial charge is 0.240 e. The van der Waals surface area contributed by atoms with E-state index in [0.29, 0.717) is 41.9 Å². The third-order valence-corrected chi connectivity index (χ3v) is 5.20. The zero-order valence-electron chi connectivity index (χ0n) is 16.2. The number of hydrogen-bond donors (Lipinski definition) is 1. The van der Waals surface area contributed by atoms with Gasteiger partial charge in [-0.1, -0.05) is 6.07 Å². The quantitative estimate of drug-likeness (QED) is 0.641. The number of thiazole rings is 1. The Morgan fingerprint density at radius 2 is 1.93 bits per heavy atom. The van der Waals surface area contributed by atoms with Crippen molar-refractivity contribution < 1.29 is 23.0 Å². The van der Waals surface area contributed by atoms with E-state index in [1.165, 1.54) is 17.4 Å². The van der Waals surface area contributed by atoms with Gasteiger partial charge >= 0.3 is 0 Å². The third kappa shape index (κ3) is 4.74. The summed E-state index contributed by atoms with van der Waals surface area (Å²) in [5.41, 5.74) is 1.92. The van der Waals surface area contributed by atoms with Crippen molar-refractivity contribution in [3.63, 3.8) is 0 Å². The van der Waals surface area contributed by atoms with Crippen LogP contribution in [0.25, 0.3) is 11.3 Å². The summed E-state index contributed by atoms with van der Waals surface area (Å²) < 4.78 is 37.6. The average Bonchev–Trinajstić information content (AvgIpc) is 3.18. The number of likely N-dealkylation sites (N-methyl/N-ethyl adjacent to an activating group) is 1. The van der Waals surface area contributed by atoms with Gasteiger partial charge in [0.2, 0.25) is 5.91 Å². The largest absolute Gasteiger partial charge is 0.486 e. The third-order valence-electron chi connectivity index (χ3n) is 4.44. The molecule has 156 valence electrons. The van der Waals surface area contributed by atoms with Crippen molar-refractivity contribution in [3.8, 4) is 22.8 Å². The van der Waals surface area contributed by atoms with Crippen LogP contribution in [0.3, 0.4) is 0 Å². The van der Waals surface area contributed by atoms with Crippen LogP contribution in [0.1, 0.15) is 5.56 Å². The predicted octanol–water partition coefficient (Wildman–Crippen LogP) is 3.93. The molecule has 1 aliphatic rings. The van der Waals surface area contributed by atoms with Crippen molar-refractivity contribution in [3.05, 3.63) is 59.0 Å². The Kier molecular flexibility index (Phi) is 5.91. The maximum Gasteiger partial charge on any atom is 0.240 e. The molecule has 30 heavy (non-hydrogen) atoms. The van der Waals surface area contributed by atoms with Gasteiger partial charge in [-0.2, -0.15) is 0 Å². The second kappa shape index (κ2) is 8.76. The Balaban J connectivity index is 1.33. The maximum atomic E-state index is 13.4. The van der Waals surface area contributed by atoms with Gasteiger partial charge in [0.1, 0.15) is 13.2 Å². The average molecular weight is 431 g/mol. The molecule has 3 aromatic rings. The van der Waals surface area contributed by atoms with Crippen molar-refractivity contribution >= 4 is 22.4 Å². The standard InChI is InChI=1S/C21H19F2N3O3S/c1-26(10-13-2-5-18-19(8-13)29-7-6-28-18)11-20(27)25-21-24-17(12-30-21)14-3-4-15(22)16(23)9-14/h2-5,8-9,12H,6-7,10-11H2,1H3,(H,24,25,27). The van der Waals surface area contributed by atoms with E-state index >= 15 is 0 Å². The molecule has 2 heterocycles. The Hall–Kier alpha value is -3.04. The number of amides is 1. The monoisotopic (exact) mass is 431 g/mol. The summed E-state index contributed by atoms with van der Waals surface area (Å²) in [7, 11) is 1.84. The lowest BCUT2D eigenvalue weighted by atomic mass is 10.2. The number of nitrogens with zero attached hydrogens (tertiary/aromatic N) is 2. The Morgan fingerprint density at radius 1 is 1.13 bits per heavy atom. The first-order valence-corrected chi connectivity index (χ1v) is 10.1. The van der Waals surface area contributed by atoms with E-state index in [2.05, 4.69) is 10.3 Å². The Morgan fingerprint density at radius 3 is 2.73 bits per heavy atom. The molecule has 0 aliphatic carbocycles. The Bertz CT molecular complexity index is 1070. The number of fused-ring (bicyclic) bond motifs is 1. The summed E-state index contributed by atoms with van der Waals surface area (Å²) in [5.74, 6) is -0.633. The highest BCUT2D eigenvalue weighted by atomic mass is 32.1. The van der Waals surface area contributed by atoms with Crippen LogP contribution in [0.4, 0.5) is 13.9 Å². The summed E-state index contributed by atoms with van der Waals surface area (Å²) in [6, 6.07) is 9.30. The molecule has 0 spiro atoms. The Labute approximate surface area is 176 Å². The number of ether oxygens (including phenoxy) is 2. The topological polar surface area (TPSA) is 63.7 Å². The second-order valence-corrected chi connectivity index (χ2v) is 7.72. The molecule has 6 nitrogen and oxygen atoms in total. The maximum absolute atomic E-state index is 13.4. The molecular weight excluding hydrogens is 412 g/mol. The fourth-order valence-electron chi connectivity index (χ4n) is 3.08. The van der Waals surface area contributed by atoms with E-state index in [4.69, 9.17) is 9.47 Å². The molecule has 0 unspecified atom stereocenters. The molecule has 0 atom stereocenters. The van der Waals surface area contributed by atoms with Gasteiger partial charge < -0.3 is 14.8 Å². The van der Waals surface area contributed by atoms with Crippen LogP contribution in [-0.2, 0) is 11.3 Å². The van der Waals surface area contributed by atoms with Gasteiger partial charge in [-0.3, -0.25) is 9.69 Å². The summed E-state index contributed by atoms with van der Waals surface area (Å²) in [4.78, 5) is 18.5. The number of rotatable bonds is 6. The molecule has 0 fully saturated rings. The predicted molar refractivity (Wildman–Crippen MR) is 110 cm³/mol. The minimum atomic E-state index is -0.938. The zero-order chi connectivity index (χ0) is 21.1. The fourth-order valence-corrected chi connectivity index (χ4v) is 3.81. The van der Waals surface area contributed by atoms with Crippen molar-refractivity contribution in [1.82, 2.24) is 9.88 Å². The van der Waals surface area contributed by atoms with Crippen LogP contribution in [0.2, 0.25) is 0 Å².